The van der Waals surface area contributed by atoms with Gasteiger partial charge in [-0.3, -0.25) is 0 Å². The van der Waals surface area contributed by atoms with E-state index in [0.29, 0.717) is 0 Å². The van der Waals surface area contributed by atoms with Crippen LogP contribution in [0, 0.1) is 0 Å². The molecular formula is C14H15O2P. The maximum absolute atomic E-state index is 5.34. The maximum Gasteiger partial charge on any atom is 0.0738 e. The molecule has 0 aromatic heterocycles. The predicted molar refractivity (Wildman–Crippen MR) is 71.6 cm³/mol. The minimum Gasteiger partial charge on any atom is -0.380 e. The fraction of sp³-hybridized carbons (Fsp3) is 0.143. The highest BCUT2D eigenvalue weighted by molar-refractivity contribution is 7.72. The van der Waals surface area contributed by atoms with Gasteiger partial charge in [-0.2, -0.15) is 0 Å². The number of rotatable bonds is 4. The van der Waals surface area contributed by atoms with Crippen molar-refractivity contribution in [2.45, 2.75) is 0 Å². The summed E-state index contributed by atoms with van der Waals surface area (Å²) in [5, 5.41) is 2.73. The van der Waals surface area contributed by atoms with Crippen LogP contribution in [0.5, 0.6) is 0 Å². The number of methoxy groups -OCH3 is 1. The Hall–Kier alpha value is -1.21. The van der Waals surface area contributed by atoms with Gasteiger partial charge in [-0.25, -0.2) is 0 Å². The molecule has 88 valence electrons. The molecule has 0 atom stereocenters. The first kappa shape index (κ1) is 13.9. The monoisotopic (exact) mass is 246 g/mol. The third-order valence-corrected chi connectivity index (χ3v) is 4.75. The first-order valence-corrected chi connectivity index (χ1v) is 6.81. The van der Waals surface area contributed by atoms with Gasteiger partial charge in [0, 0.05) is 12.6 Å². The van der Waals surface area contributed by atoms with Crippen molar-refractivity contribution in [1.82, 2.24) is 0 Å². The third kappa shape index (κ3) is 3.64. The Morgan fingerprint density at radius 2 is 1.24 bits per heavy atom. The van der Waals surface area contributed by atoms with Crippen LogP contribution in [0.15, 0.2) is 60.7 Å². The molecule has 0 bridgehead atoms. The first-order chi connectivity index (χ1) is 7.92. The van der Waals surface area contributed by atoms with Crippen LogP contribution in [0.4, 0.5) is 0 Å². The summed E-state index contributed by atoms with van der Waals surface area (Å²) < 4.78 is 5.34. The SMILES string of the molecule is COCP(c1ccccc1)c1ccccc1.[O]. The van der Waals surface area contributed by atoms with E-state index in [1.165, 1.54) is 10.6 Å². The van der Waals surface area contributed by atoms with Gasteiger partial charge in [-0.1, -0.05) is 60.7 Å². The van der Waals surface area contributed by atoms with Gasteiger partial charge < -0.3 is 4.74 Å². The van der Waals surface area contributed by atoms with Crippen molar-refractivity contribution in [3.05, 3.63) is 60.7 Å². The molecule has 2 aromatic rings. The third-order valence-electron chi connectivity index (χ3n) is 2.39. The van der Waals surface area contributed by atoms with E-state index in [2.05, 4.69) is 60.7 Å². The van der Waals surface area contributed by atoms with E-state index in [9.17, 15) is 0 Å². The van der Waals surface area contributed by atoms with E-state index in [-0.39, 0.29) is 13.4 Å². The molecule has 2 nitrogen and oxygen atoms in total. The summed E-state index contributed by atoms with van der Waals surface area (Å²) in [4.78, 5) is 0. The Labute approximate surface area is 103 Å². The van der Waals surface area contributed by atoms with Crippen molar-refractivity contribution < 1.29 is 10.2 Å². The Morgan fingerprint density at radius 3 is 1.59 bits per heavy atom. The van der Waals surface area contributed by atoms with E-state index in [0.717, 1.165) is 6.35 Å². The summed E-state index contributed by atoms with van der Waals surface area (Å²) in [6.07, 6.45) is 0.781. The molecular weight excluding hydrogens is 231 g/mol. The number of hydrogen-bond acceptors (Lipinski definition) is 1. The van der Waals surface area contributed by atoms with Gasteiger partial charge in [0.25, 0.3) is 0 Å². The van der Waals surface area contributed by atoms with Crippen molar-refractivity contribution in [1.29, 1.82) is 0 Å². The van der Waals surface area contributed by atoms with Gasteiger partial charge in [0.2, 0.25) is 0 Å². The van der Waals surface area contributed by atoms with Crippen LogP contribution in [0.25, 0.3) is 0 Å². The van der Waals surface area contributed by atoms with Crippen LogP contribution in [-0.2, 0) is 10.2 Å². The number of hydrogen-bond donors (Lipinski definition) is 0. The number of benzene rings is 2. The van der Waals surface area contributed by atoms with Gasteiger partial charge in [0.05, 0.1) is 6.35 Å². The Morgan fingerprint density at radius 1 is 0.824 bits per heavy atom. The second kappa shape index (κ2) is 7.18. The molecule has 17 heavy (non-hydrogen) atoms. The highest BCUT2D eigenvalue weighted by atomic mass is 31.1. The van der Waals surface area contributed by atoms with Crippen molar-refractivity contribution in [3.8, 4) is 0 Å². The molecule has 0 fully saturated rings. The van der Waals surface area contributed by atoms with E-state index in [4.69, 9.17) is 4.74 Å². The van der Waals surface area contributed by atoms with E-state index in [1.807, 2.05) is 0 Å². The zero-order valence-electron chi connectivity index (χ0n) is 9.74. The highest BCUT2D eigenvalue weighted by Crippen LogP contribution is 2.32. The molecule has 0 unspecified atom stereocenters. The summed E-state index contributed by atoms with van der Waals surface area (Å²) in [7, 11) is 1.39. The van der Waals surface area contributed by atoms with Crippen molar-refractivity contribution >= 4 is 18.5 Å². The zero-order valence-corrected chi connectivity index (χ0v) is 10.6. The average Bonchev–Trinajstić information content (AvgIpc) is 2.38. The second-order valence-electron chi connectivity index (χ2n) is 3.52. The van der Waals surface area contributed by atoms with E-state index < -0.39 is 0 Å². The van der Waals surface area contributed by atoms with Crippen molar-refractivity contribution in [2.75, 3.05) is 13.5 Å². The van der Waals surface area contributed by atoms with Gasteiger partial charge in [0.15, 0.2) is 0 Å². The van der Waals surface area contributed by atoms with Crippen molar-refractivity contribution in [3.63, 3.8) is 0 Å². The predicted octanol–water partition coefficient (Wildman–Crippen LogP) is 2.60. The summed E-state index contributed by atoms with van der Waals surface area (Å²) >= 11 is 0. The molecule has 0 saturated heterocycles. The Bertz CT molecular complexity index is 377. The first-order valence-electron chi connectivity index (χ1n) is 5.28. The minimum absolute atomic E-state index is 0. The van der Waals surface area contributed by atoms with Crippen LogP contribution in [-0.4, -0.2) is 13.5 Å². The van der Waals surface area contributed by atoms with E-state index >= 15 is 0 Å². The molecule has 2 rings (SSSR count). The number of ether oxygens (including phenoxy) is 1. The van der Waals surface area contributed by atoms with Crippen molar-refractivity contribution in [2.24, 2.45) is 0 Å². The van der Waals surface area contributed by atoms with E-state index in [1.54, 1.807) is 7.11 Å². The van der Waals surface area contributed by atoms with Gasteiger partial charge in [-0.15, -0.1) is 0 Å². The molecule has 3 heteroatoms. The highest BCUT2D eigenvalue weighted by Gasteiger charge is 2.12. The van der Waals surface area contributed by atoms with Crippen LogP contribution in [0.1, 0.15) is 0 Å². The molecule has 0 amide bonds. The normalized spacial score (nSPS) is 10.0. The molecule has 0 spiro atoms. The lowest BCUT2D eigenvalue weighted by Crippen LogP contribution is -2.14. The molecule has 0 aliphatic heterocycles. The fourth-order valence-corrected chi connectivity index (χ4v) is 3.56. The van der Waals surface area contributed by atoms with Gasteiger partial charge in [-0.05, 0) is 18.5 Å². The summed E-state index contributed by atoms with van der Waals surface area (Å²) in [6, 6.07) is 21.2. The average molecular weight is 246 g/mol. The summed E-state index contributed by atoms with van der Waals surface area (Å²) in [6.45, 7) is 0. The lowest BCUT2D eigenvalue weighted by molar-refractivity contribution is 0.256. The lowest BCUT2D eigenvalue weighted by Gasteiger charge is -2.17. The Balaban J connectivity index is 0.00000144. The molecule has 2 radical (unpaired) electrons. The lowest BCUT2D eigenvalue weighted by atomic mass is 10.4. The van der Waals surface area contributed by atoms with Crippen LogP contribution >= 0.6 is 7.92 Å². The van der Waals surface area contributed by atoms with Crippen LogP contribution in [0.2, 0.25) is 0 Å². The largest absolute Gasteiger partial charge is 0.380 e. The van der Waals surface area contributed by atoms with Gasteiger partial charge >= 0.3 is 0 Å². The molecule has 0 aliphatic rings. The van der Waals surface area contributed by atoms with Crippen LogP contribution in [0.3, 0.4) is 0 Å². The quantitative estimate of drug-likeness (QED) is 0.764. The molecule has 0 heterocycles. The summed E-state index contributed by atoms with van der Waals surface area (Å²) in [5.41, 5.74) is 0. The standard InChI is InChI=1S/C14H15OP.O/c1-15-12-16(13-8-4-2-5-9-13)14-10-6-3-7-11-14;/h2-11H,12H2,1H3;. The molecule has 0 saturated carbocycles. The maximum atomic E-state index is 5.34. The Kier molecular flexibility index (Phi) is 5.85. The second-order valence-corrected chi connectivity index (χ2v) is 5.66. The minimum atomic E-state index is -0.373. The smallest absolute Gasteiger partial charge is 0.0738 e. The van der Waals surface area contributed by atoms with Crippen LogP contribution < -0.4 is 10.6 Å². The zero-order chi connectivity index (χ0) is 11.2. The fourth-order valence-electron chi connectivity index (χ4n) is 1.64. The molecule has 2 aromatic carbocycles. The molecule has 0 aliphatic carbocycles. The summed E-state index contributed by atoms with van der Waals surface area (Å²) in [5.74, 6) is 0. The topological polar surface area (TPSA) is 37.7 Å². The van der Waals surface area contributed by atoms with Gasteiger partial charge in [0.1, 0.15) is 0 Å². The molecule has 0 N–H and O–H groups in total.